The lowest BCUT2D eigenvalue weighted by Gasteiger charge is -2.20. The molecule has 0 saturated carbocycles. The third-order valence-electron chi connectivity index (χ3n) is 3.67. The Bertz CT molecular complexity index is 750. The van der Waals surface area contributed by atoms with Crippen molar-refractivity contribution in [2.75, 3.05) is 5.32 Å². The van der Waals surface area contributed by atoms with Crippen molar-refractivity contribution in [3.8, 4) is 0 Å². The second kappa shape index (κ2) is 6.27. The summed E-state index contributed by atoms with van der Waals surface area (Å²) in [5.74, 6) is 0. The van der Waals surface area contributed by atoms with E-state index < -0.39 is 0 Å². The molecule has 0 fully saturated rings. The summed E-state index contributed by atoms with van der Waals surface area (Å²) in [6.07, 6.45) is 4.77. The van der Waals surface area contributed by atoms with Gasteiger partial charge in [0.05, 0.1) is 6.04 Å². The van der Waals surface area contributed by atoms with Crippen LogP contribution in [0.4, 0.5) is 5.69 Å². The van der Waals surface area contributed by atoms with E-state index in [1.54, 1.807) is 0 Å². The molecule has 0 spiro atoms. The van der Waals surface area contributed by atoms with Crippen LogP contribution in [0.25, 0.3) is 10.8 Å². The Morgan fingerprint density at radius 1 is 1.14 bits per heavy atom. The summed E-state index contributed by atoms with van der Waals surface area (Å²) in [6, 6.07) is 17.1. The van der Waals surface area contributed by atoms with Gasteiger partial charge in [-0.25, -0.2) is 0 Å². The molecule has 1 aromatic heterocycles. The summed E-state index contributed by atoms with van der Waals surface area (Å²) in [7, 11) is 0. The van der Waals surface area contributed by atoms with E-state index in [1.165, 1.54) is 10.9 Å². The van der Waals surface area contributed by atoms with Gasteiger partial charge in [0.1, 0.15) is 0 Å². The number of fused-ring (bicyclic) bond motifs is 1. The van der Waals surface area contributed by atoms with Crippen molar-refractivity contribution in [2.24, 2.45) is 0 Å². The zero-order valence-electron chi connectivity index (χ0n) is 11.9. The molecule has 0 radical (unpaired) electrons. The molecule has 0 amide bonds. The minimum absolute atomic E-state index is 0.285. The molecule has 0 aliphatic carbocycles. The third-order valence-corrected chi connectivity index (χ3v) is 4.17. The van der Waals surface area contributed by atoms with Gasteiger partial charge >= 0.3 is 0 Å². The lowest BCUT2D eigenvalue weighted by Crippen LogP contribution is -2.10. The number of rotatable bonds is 4. The van der Waals surface area contributed by atoms with Crippen molar-refractivity contribution in [3.63, 3.8) is 0 Å². The Labute approximate surface area is 133 Å². The largest absolute Gasteiger partial charge is 0.378 e. The highest BCUT2D eigenvalue weighted by Gasteiger charge is 2.11. The van der Waals surface area contributed by atoms with Gasteiger partial charge in [-0.15, -0.1) is 0 Å². The standard InChI is InChI=1S/C18H17BrN2/c1-2-17(14-6-3-7-15(19)11-14)21-18-8-4-5-13-9-10-20-12-16(13)18/h3-12,17,21H,2H2,1H3. The van der Waals surface area contributed by atoms with Crippen LogP contribution in [-0.4, -0.2) is 4.98 Å². The van der Waals surface area contributed by atoms with E-state index in [2.05, 4.69) is 75.6 Å². The van der Waals surface area contributed by atoms with E-state index in [1.807, 2.05) is 18.5 Å². The van der Waals surface area contributed by atoms with Crippen LogP contribution >= 0.6 is 15.9 Å². The fourth-order valence-corrected chi connectivity index (χ4v) is 2.99. The van der Waals surface area contributed by atoms with Gasteiger partial charge < -0.3 is 5.32 Å². The fraction of sp³-hybridized carbons (Fsp3) is 0.167. The predicted octanol–water partition coefficient (Wildman–Crippen LogP) is 5.56. The van der Waals surface area contributed by atoms with Gasteiger partial charge in [-0.2, -0.15) is 0 Å². The van der Waals surface area contributed by atoms with E-state index in [4.69, 9.17) is 0 Å². The van der Waals surface area contributed by atoms with E-state index >= 15 is 0 Å². The molecule has 0 aliphatic heterocycles. The summed E-state index contributed by atoms with van der Waals surface area (Å²) in [4.78, 5) is 4.25. The summed E-state index contributed by atoms with van der Waals surface area (Å²) in [6.45, 7) is 2.20. The van der Waals surface area contributed by atoms with Crippen molar-refractivity contribution in [1.29, 1.82) is 0 Å². The summed E-state index contributed by atoms with van der Waals surface area (Å²) < 4.78 is 1.11. The van der Waals surface area contributed by atoms with E-state index in [0.717, 1.165) is 22.0 Å². The zero-order chi connectivity index (χ0) is 14.7. The van der Waals surface area contributed by atoms with Gasteiger partial charge in [-0.3, -0.25) is 4.98 Å². The lowest BCUT2D eigenvalue weighted by molar-refractivity contribution is 0.750. The maximum atomic E-state index is 4.25. The third kappa shape index (κ3) is 3.08. The number of benzene rings is 2. The average molecular weight is 341 g/mol. The number of hydrogen-bond donors (Lipinski definition) is 1. The first-order valence-corrected chi connectivity index (χ1v) is 7.92. The summed E-state index contributed by atoms with van der Waals surface area (Å²) in [5, 5.41) is 6.02. The zero-order valence-corrected chi connectivity index (χ0v) is 13.5. The van der Waals surface area contributed by atoms with Gasteiger partial charge in [0.15, 0.2) is 0 Å². The highest BCUT2D eigenvalue weighted by atomic mass is 79.9. The maximum Gasteiger partial charge on any atom is 0.0511 e. The second-order valence-electron chi connectivity index (χ2n) is 5.06. The predicted molar refractivity (Wildman–Crippen MR) is 92.5 cm³/mol. The van der Waals surface area contributed by atoms with Crippen LogP contribution in [0.1, 0.15) is 24.9 Å². The first-order chi connectivity index (χ1) is 10.3. The van der Waals surface area contributed by atoms with Crippen LogP contribution in [0.3, 0.4) is 0 Å². The number of anilines is 1. The minimum atomic E-state index is 0.285. The number of aromatic nitrogens is 1. The molecule has 1 unspecified atom stereocenters. The van der Waals surface area contributed by atoms with Crippen molar-refractivity contribution in [3.05, 3.63) is 71.0 Å². The molecule has 2 aromatic carbocycles. The Hall–Kier alpha value is -1.87. The number of nitrogens with one attached hydrogen (secondary N) is 1. The van der Waals surface area contributed by atoms with Crippen LogP contribution in [0.2, 0.25) is 0 Å². The molecule has 1 N–H and O–H groups in total. The molecule has 106 valence electrons. The molecule has 21 heavy (non-hydrogen) atoms. The smallest absolute Gasteiger partial charge is 0.0511 e. The van der Waals surface area contributed by atoms with Gasteiger partial charge in [-0.05, 0) is 41.6 Å². The molecule has 3 rings (SSSR count). The van der Waals surface area contributed by atoms with Gasteiger partial charge in [0.25, 0.3) is 0 Å². The maximum absolute atomic E-state index is 4.25. The molecule has 1 heterocycles. The van der Waals surface area contributed by atoms with Crippen LogP contribution in [0.5, 0.6) is 0 Å². The van der Waals surface area contributed by atoms with E-state index in [9.17, 15) is 0 Å². The van der Waals surface area contributed by atoms with E-state index in [0.29, 0.717) is 0 Å². The molecule has 2 nitrogen and oxygen atoms in total. The Morgan fingerprint density at radius 2 is 2.00 bits per heavy atom. The quantitative estimate of drug-likeness (QED) is 0.672. The van der Waals surface area contributed by atoms with Crippen molar-refractivity contribution in [1.82, 2.24) is 4.98 Å². The monoisotopic (exact) mass is 340 g/mol. The number of pyridine rings is 1. The Balaban J connectivity index is 1.96. The van der Waals surface area contributed by atoms with Crippen LogP contribution in [0.15, 0.2) is 65.4 Å². The number of hydrogen-bond acceptors (Lipinski definition) is 2. The van der Waals surface area contributed by atoms with Crippen LogP contribution in [-0.2, 0) is 0 Å². The minimum Gasteiger partial charge on any atom is -0.378 e. The van der Waals surface area contributed by atoms with Gasteiger partial charge in [0, 0.05) is 27.9 Å². The topological polar surface area (TPSA) is 24.9 Å². The van der Waals surface area contributed by atoms with Gasteiger partial charge in [-0.1, -0.05) is 47.1 Å². The molecular weight excluding hydrogens is 324 g/mol. The van der Waals surface area contributed by atoms with Crippen molar-refractivity contribution in [2.45, 2.75) is 19.4 Å². The first kappa shape index (κ1) is 14.1. The lowest BCUT2D eigenvalue weighted by atomic mass is 10.0. The Kier molecular flexibility index (Phi) is 4.20. The molecule has 0 saturated heterocycles. The van der Waals surface area contributed by atoms with E-state index in [-0.39, 0.29) is 6.04 Å². The molecule has 1 atom stereocenters. The number of halogens is 1. The molecular formula is C18H17BrN2. The van der Waals surface area contributed by atoms with Gasteiger partial charge in [0.2, 0.25) is 0 Å². The molecule has 3 aromatic rings. The molecule has 0 bridgehead atoms. The second-order valence-corrected chi connectivity index (χ2v) is 5.98. The highest BCUT2D eigenvalue weighted by Crippen LogP contribution is 2.29. The first-order valence-electron chi connectivity index (χ1n) is 7.12. The molecule has 0 aliphatic rings. The summed E-state index contributed by atoms with van der Waals surface area (Å²) in [5.41, 5.74) is 2.42. The number of nitrogens with zero attached hydrogens (tertiary/aromatic N) is 1. The van der Waals surface area contributed by atoms with Crippen LogP contribution < -0.4 is 5.32 Å². The highest BCUT2D eigenvalue weighted by molar-refractivity contribution is 9.10. The normalized spacial score (nSPS) is 12.3. The summed E-state index contributed by atoms with van der Waals surface area (Å²) >= 11 is 3.55. The van der Waals surface area contributed by atoms with Crippen molar-refractivity contribution < 1.29 is 0 Å². The van der Waals surface area contributed by atoms with Crippen molar-refractivity contribution >= 4 is 32.4 Å². The fourth-order valence-electron chi connectivity index (χ4n) is 2.57. The average Bonchev–Trinajstić information content (AvgIpc) is 2.52. The van der Waals surface area contributed by atoms with Crippen LogP contribution in [0, 0.1) is 0 Å². The molecule has 3 heteroatoms. The Morgan fingerprint density at radius 3 is 2.81 bits per heavy atom. The SMILES string of the molecule is CCC(Nc1cccc2ccncc12)c1cccc(Br)c1.